The van der Waals surface area contributed by atoms with Gasteiger partial charge in [0.05, 0.1) is 4.90 Å². The summed E-state index contributed by atoms with van der Waals surface area (Å²) in [5.74, 6) is 0. The van der Waals surface area contributed by atoms with Crippen LogP contribution in [0, 0.1) is 0 Å². The number of halogens is 1. The van der Waals surface area contributed by atoms with Crippen LogP contribution in [0.4, 0.5) is 0 Å². The Morgan fingerprint density at radius 2 is 2.05 bits per heavy atom. The molecule has 2 N–H and O–H groups in total. The zero-order chi connectivity index (χ0) is 14.6. The van der Waals surface area contributed by atoms with Crippen molar-refractivity contribution in [3.8, 4) is 0 Å². The summed E-state index contributed by atoms with van der Waals surface area (Å²) in [5, 5.41) is 7.24. The van der Waals surface area contributed by atoms with E-state index in [9.17, 15) is 8.42 Å². The topological polar surface area (TPSA) is 58.2 Å². The normalized spacial score (nSPS) is 11.7. The van der Waals surface area contributed by atoms with Crippen LogP contribution in [0.5, 0.6) is 0 Å². The van der Waals surface area contributed by atoms with Crippen LogP contribution in [0.3, 0.4) is 0 Å². The fourth-order valence-electron chi connectivity index (χ4n) is 1.68. The number of hydrogen-bond acceptors (Lipinski definition) is 4. The monoisotopic (exact) mass is 330 g/mol. The smallest absolute Gasteiger partial charge is 0.240 e. The van der Waals surface area contributed by atoms with Crippen LogP contribution < -0.4 is 10.0 Å². The molecule has 0 atom stereocenters. The fourth-order valence-corrected chi connectivity index (χ4v) is 3.71. The van der Waals surface area contributed by atoms with Crippen molar-refractivity contribution in [3.05, 3.63) is 51.2 Å². The van der Waals surface area contributed by atoms with E-state index in [-0.39, 0.29) is 11.4 Å². The molecule has 1 aromatic carbocycles. The summed E-state index contributed by atoms with van der Waals surface area (Å²) in [7, 11) is -1.73. The number of rotatable bonds is 6. The third-order valence-corrected chi connectivity index (χ3v) is 5.23. The minimum absolute atomic E-state index is 0.178. The average molecular weight is 331 g/mol. The molecule has 0 aliphatic carbocycles. The van der Waals surface area contributed by atoms with E-state index in [1.165, 1.54) is 17.4 Å². The van der Waals surface area contributed by atoms with Gasteiger partial charge in [0.2, 0.25) is 10.0 Å². The molecule has 4 nitrogen and oxygen atoms in total. The van der Waals surface area contributed by atoms with Crippen molar-refractivity contribution < 1.29 is 8.42 Å². The van der Waals surface area contributed by atoms with E-state index >= 15 is 0 Å². The second-order valence-corrected chi connectivity index (χ2v) is 7.19. The summed E-state index contributed by atoms with van der Waals surface area (Å²) in [6, 6.07) is 6.65. The van der Waals surface area contributed by atoms with E-state index in [1.807, 2.05) is 23.9 Å². The fraction of sp³-hybridized carbons (Fsp3) is 0.231. The molecule has 0 spiro atoms. The Morgan fingerprint density at radius 3 is 2.65 bits per heavy atom. The third kappa shape index (κ3) is 3.80. The van der Waals surface area contributed by atoms with Crippen molar-refractivity contribution in [2.24, 2.45) is 0 Å². The van der Waals surface area contributed by atoms with Gasteiger partial charge in [-0.2, -0.15) is 11.3 Å². The van der Waals surface area contributed by atoms with Gasteiger partial charge in [-0.3, -0.25) is 0 Å². The van der Waals surface area contributed by atoms with Crippen LogP contribution in [-0.4, -0.2) is 15.5 Å². The Hall–Kier alpha value is -0.920. The predicted molar refractivity (Wildman–Crippen MR) is 82.6 cm³/mol. The Balaban J connectivity index is 2.14. The first kappa shape index (κ1) is 15.5. The molecule has 1 aromatic heterocycles. The standard InChI is InChI=1S/C13H15ClN2O2S2/c1-15-8-11-2-3-12(6-13(11)14)20(17,18)16-7-10-4-5-19-9-10/h2-6,9,15-16H,7-8H2,1H3. The van der Waals surface area contributed by atoms with Crippen molar-refractivity contribution in [2.45, 2.75) is 18.0 Å². The summed E-state index contributed by atoms with van der Waals surface area (Å²) < 4.78 is 26.9. The first-order valence-corrected chi connectivity index (χ1v) is 8.77. The molecule has 0 aliphatic rings. The zero-order valence-corrected chi connectivity index (χ0v) is 13.3. The van der Waals surface area contributed by atoms with Crippen LogP contribution in [0.2, 0.25) is 5.02 Å². The summed E-state index contributed by atoms with van der Waals surface area (Å²) in [4.78, 5) is 0.178. The second-order valence-electron chi connectivity index (χ2n) is 4.24. The van der Waals surface area contributed by atoms with E-state index in [0.717, 1.165) is 11.1 Å². The SMILES string of the molecule is CNCc1ccc(S(=O)(=O)NCc2ccsc2)cc1Cl. The van der Waals surface area contributed by atoms with Crippen LogP contribution in [0.1, 0.15) is 11.1 Å². The van der Waals surface area contributed by atoms with Crippen molar-refractivity contribution >= 4 is 33.0 Å². The van der Waals surface area contributed by atoms with Gasteiger partial charge in [0.15, 0.2) is 0 Å². The molecular weight excluding hydrogens is 316 g/mol. The Labute approximate surface area is 127 Å². The van der Waals surface area contributed by atoms with Gasteiger partial charge < -0.3 is 5.32 Å². The summed E-state index contributed by atoms with van der Waals surface area (Å²) >= 11 is 7.62. The van der Waals surface area contributed by atoms with E-state index < -0.39 is 10.0 Å². The molecule has 0 radical (unpaired) electrons. The molecule has 0 saturated carbocycles. The van der Waals surface area contributed by atoms with Crippen molar-refractivity contribution in [1.29, 1.82) is 0 Å². The van der Waals surface area contributed by atoms with Gasteiger partial charge in [-0.1, -0.05) is 17.7 Å². The molecule has 0 amide bonds. The minimum atomic E-state index is -3.54. The van der Waals surface area contributed by atoms with Crippen LogP contribution in [-0.2, 0) is 23.1 Å². The van der Waals surface area contributed by atoms with E-state index in [4.69, 9.17) is 11.6 Å². The highest BCUT2D eigenvalue weighted by molar-refractivity contribution is 7.89. The highest BCUT2D eigenvalue weighted by Crippen LogP contribution is 2.21. The number of benzene rings is 1. The van der Waals surface area contributed by atoms with Gasteiger partial charge in [0.25, 0.3) is 0 Å². The van der Waals surface area contributed by atoms with E-state index in [1.54, 1.807) is 12.1 Å². The van der Waals surface area contributed by atoms with Gasteiger partial charge in [0, 0.05) is 18.1 Å². The molecule has 0 bridgehead atoms. The molecule has 0 saturated heterocycles. The molecule has 7 heteroatoms. The van der Waals surface area contributed by atoms with Crippen LogP contribution in [0.15, 0.2) is 39.9 Å². The number of thiophene rings is 1. The molecule has 20 heavy (non-hydrogen) atoms. The first-order chi connectivity index (χ1) is 9.53. The zero-order valence-electron chi connectivity index (χ0n) is 10.9. The lowest BCUT2D eigenvalue weighted by molar-refractivity contribution is 0.581. The molecule has 0 unspecified atom stereocenters. The predicted octanol–water partition coefficient (Wildman–Crippen LogP) is 2.60. The van der Waals surface area contributed by atoms with Gasteiger partial charge in [-0.05, 0) is 47.1 Å². The molecule has 0 fully saturated rings. The molecule has 2 aromatic rings. The van der Waals surface area contributed by atoms with Gasteiger partial charge in [-0.25, -0.2) is 13.1 Å². The lowest BCUT2D eigenvalue weighted by Gasteiger charge is -2.09. The Morgan fingerprint density at radius 1 is 1.25 bits per heavy atom. The first-order valence-electron chi connectivity index (χ1n) is 5.96. The lowest BCUT2D eigenvalue weighted by atomic mass is 10.2. The quantitative estimate of drug-likeness (QED) is 0.856. The van der Waals surface area contributed by atoms with Crippen molar-refractivity contribution in [2.75, 3.05) is 7.05 Å². The molecular formula is C13H15ClN2O2S2. The summed E-state index contributed by atoms with van der Waals surface area (Å²) in [5.41, 5.74) is 1.81. The van der Waals surface area contributed by atoms with Crippen molar-refractivity contribution in [3.63, 3.8) is 0 Å². The van der Waals surface area contributed by atoms with Crippen LogP contribution in [0.25, 0.3) is 0 Å². The van der Waals surface area contributed by atoms with Crippen molar-refractivity contribution in [1.82, 2.24) is 10.0 Å². The number of hydrogen-bond donors (Lipinski definition) is 2. The van der Waals surface area contributed by atoms with Gasteiger partial charge in [-0.15, -0.1) is 0 Å². The largest absolute Gasteiger partial charge is 0.316 e. The minimum Gasteiger partial charge on any atom is -0.316 e. The maximum atomic E-state index is 12.2. The lowest BCUT2D eigenvalue weighted by Crippen LogP contribution is -2.23. The third-order valence-electron chi connectivity index (χ3n) is 2.75. The van der Waals surface area contributed by atoms with E-state index in [0.29, 0.717) is 11.6 Å². The Kier molecular flexibility index (Phi) is 5.17. The second kappa shape index (κ2) is 6.69. The Bertz CT molecular complexity index is 670. The van der Waals surface area contributed by atoms with Gasteiger partial charge >= 0.3 is 0 Å². The molecule has 2 rings (SSSR count). The maximum Gasteiger partial charge on any atom is 0.240 e. The highest BCUT2D eigenvalue weighted by atomic mass is 35.5. The van der Waals surface area contributed by atoms with E-state index in [2.05, 4.69) is 10.0 Å². The summed E-state index contributed by atoms with van der Waals surface area (Å²) in [6.07, 6.45) is 0. The highest BCUT2D eigenvalue weighted by Gasteiger charge is 2.15. The number of nitrogens with one attached hydrogen (secondary N) is 2. The molecule has 1 heterocycles. The molecule has 0 aliphatic heterocycles. The molecule has 108 valence electrons. The average Bonchev–Trinajstić information content (AvgIpc) is 2.92. The maximum absolute atomic E-state index is 12.2. The van der Waals surface area contributed by atoms with Crippen LogP contribution >= 0.6 is 22.9 Å². The van der Waals surface area contributed by atoms with Gasteiger partial charge in [0.1, 0.15) is 0 Å². The summed E-state index contributed by atoms with van der Waals surface area (Å²) in [6.45, 7) is 0.878. The number of sulfonamides is 1.